The fourth-order valence-electron chi connectivity index (χ4n) is 1.59. The van der Waals surface area contributed by atoms with Crippen LogP contribution in [0.4, 0.5) is 5.69 Å². The third-order valence-electron chi connectivity index (χ3n) is 2.37. The van der Waals surface area contributed by atoms with Crippen molar-refractivity contribution in [2.24, 2.45) is 0 Å². The van der Waals surface area contributed by atoms with E-state index in [0.717, 1.165) is 5.56 Å². The van der Waals surface area contributed by atoms with Crippen LogP contribution in [-0.4, -0.2) is 10.1 Å². The molecular formula is C12H8ClN3OS. The SMILES string of the molecule is Nc1cc(Cl)cc(-c2nc(-c3ccsc3)no2)c1. The van der Waals surface area contributed by atoms with Crippen molar-refractivity contribution in [1.29, 1.82) is 0 Å². The number of hydrogen-bond donors (Lipinski definition) is 1. The summed E-state index contributed by atoms with van der Waals surface area (Å²) in [6, 6.07) is 7.09. The van der Waals surface area contributed by atoms with E-state index >= 15 is 0 Å². The molecule has 2 aromatic heterocycles. The maximum Gasteiger partial charge on any atom is 0.258 e. The van der Waals surface area contributed by atoms with E-state index in [-0.39, 0.29) is 0 Å². The third kappa shape index (κ3) is 2.10. The van der Waals surface area contributed by atoms with Gasteiger partial charge < -0.3 is 10.3 Å². The average Bonchev–Trinajstić information content (AvgIpc) is 2.99. The van der Waals surface area contributed by atoms with Crippen LogP contribution in [-0.2, 0) is 0 Å². The normalized spacial score (nSPS) is 10.7. The van der Waals surface area contributed by atoms with Gasteiger partial charge in [0.1, 0.15) is 0 Å². The van der Waals surface area contributed by atoms with Crippen molar-refractivity contribution in [2.75, 3.05) is 5.73 Å². The Morgan fingerprint density at radius 3 is 2.83 bits per heavy atom. The van der Waals surface area contributed by atoms with Gasteiger partial charge in [0, 0.05) is 27.2 Å². The predicted molar refractivity (Wildman–Crippen MR) is 72.5 cm³/mol. The molecule has 18 heavy (non-hydrogen) atoms. The van der Waals surface area contributed by atoms with Gasteiger partial charge in [-0.05, 0) is 29.6 Å². The van der Waals surface area contributed by atoms with Gasteiger partial charge in [0.2, 0.25) is 5.82 Å². The summed E-state index contributed by atoms with van der Waals surface area (Å²) in [7, 11) is 0. The van der Waals surface area contributed by atoms with Crippen molar-refractivity contribution in [2.45, 2.75) is 0 Å². The van der Waals surface area contributed by atoms with Gasteiger partial charge in [-0.25, -0.2) is 0 Å². The Bertz CT molecular complexity index is 658. The lowest BCUT2D eigenvalue weighted by molar-refractivity contribution is 0.432. The van der Waals surface area contributed by atoms with Crippen molar-refractivity contribution in [3.05, 3.63) is 40.0 Å². The molecule has 4 nitrogen and oxygen atoms in total. The van der Waals surface area contributed by atoms with Crippen molar-refractivity contribution >= 4 is 28.6 Å². The molecule has 0 aliphatic heterocycles. The molecule has 3 rings (SSSR count). The topological polar surface area (TPSA) is 64.9 Å². The number of nitrogen functional groups attached to an aromatic ring is 1. The quantitative estimate of drug-likeness (QED) is 0.725. The number of benzene rings is 1. The van der Waals surface area contributed by atoms with Crippen LogP contribution in [0.3, 0.4) is 0 Å². The molecule has 0 spiro atoms. The predicted octanol–water partition coefficient (Wildman–Crippen LogP) is 3.70. The summed E-state index contributed by atoms with van der Waals surface area (Å²) >= 11 is 7.52. The molecule has 6 heteroatoms. The smallest absolute Gasteiger partial charge is 0.258 e. The van der Waals surface area contributed by atoms with E-state index < -0.39 is 0 Å². The second-order valence-electron chi connectivity index (χ2n) is 3.71. The first kappa shape index (κ1) is 11.3. The number of rotatable bonds is 2. The highest BCUT2D eigenvalue weighted by Crippen LogP contribution is 2.27. The molecule has 2 N–H and O–H groups in total. The molecule has 0 unspecified atom stereocenters. The third-order valence-corrected chi connectivity index (χ3v) is 3.27. The zero-order chi connectivity index (χ0) is 12.5. The Morgan fingerprint density at radius 2 is 2.11 bits per heavy atom. The molecule has 1 aromatic carbocycles. The highest BCUT2D eigenvalue weighted by molar-refractivity contribution is 7.08. The van der Waals surface area contributed by atoms with Crippen LogP contribution in [0, 0.1) is 0 Å². The van der Waals surface area contributed by atoms with Gasteiger partial charge in [-0.15, -0.1) is 0 Å². The standard InChI is InChI=1S/C12H8ClN3OS/c13-9-3-8(4-10(14)5-9)12-15-11(16-17-12)7-1-2-18-6-7/h1-6H,14H2. The Morgan fingerprint density at radius 1 is 1.22 bits per heavy atom. The Hall–Kier alpha value is -1.85. The van der Waals surface area contributed by atoms with Crippen LogP contribution in [0.5, 0.6) is 0 Å². The zero-order valence-electron chi connectivity index (χ0n) is 9.13. The first-order chi connectivity index (χ1) is 8.72. The molecule has 0 amide bonds. The van der Waals surface area contributed by atoms with E-state index in [1.165, 1.54) is 0 Å². The lowest BCUT2D eigenvalue weighted by atomic mass is 10.2. The number of anilines is 1. The summed E-state index contributed by atoms with van der Waals surface area (Å²) in [4.78, 5) is 4.32. The molecule has 0 bridgehead atoms. The van der Waals surface area contributed by atoms with Crippen molar-refractivity contribution in [3.63, 3.8) is 0 Å². The number of nitrogens with two attached hydrogens (primary N) is 1. The Balaban J connectivity index is 2.03. The minimum Gasteiger partial charge on any atom is -0.399 e. The van der Waals surface area contributed by atoms with E-state index in [2.05, 4.69) is 10.1 Å². The van der Waals surface area contributed by atoms with Gasteiger partial charge in [0.05, 0.1) is 0 Å². The molecule has 0 atom stereocenters. The van der Waals surface area contributed by atoms with Crippen molar-refractivity contribution < 1.29 is 4.52 Å². The van der Waals surface area contributed by atoms with Crippen LogP contribution < -0.4 is 5.73 Å². The summed E-state index contributed by atoms with van der Waals surface area (Å²) in [5, 5.41) is 8.39. The number of aromatic nitrogens is 2. The highest BCUT2D eigenvalue weighted by Gasteiger charge is 2.11. The van der Waals surface area contributed by atoms with Crippen LogP contribution in [0.25, 0.3) is 22.8 Å². The second kappa shape index (κ2) is 4.44. The number of thiophene rings is 1. The number of halogens is 1. The summed E-state index contributed by atoms with van der Waals surface area (Å²) in [5.74, 6) is 0.968. The van der Waals surface area contributed by atoms with Gasteiger partial charge in [-0.3, -0.25) is 0 Å². The van der Waals surface area contributed by atoms with Gasteiger partial charge in [0.15, 0.2) is 0 Å². The second-order valence-corrected chi connectivity index (χ2v) is 4.92. The van der Waals surface area contributed by atoms with Gasteiger partial charge in [-0.2, -0.15) is 16.3 Å². The van der Waals surface area contributed by atoms with Crippen LogP contribution >= 0.6 is 22.9 Å². The molecule has 0 saturated heterocycles. The summed E-state index contributed by atoms with van der Waals surface area (Å²) in [5.41, 5.74) is 7.94. The number of nitrogens with zero attached hydrogens (tertiary/aromatic N) is 2. The van der Waals surface area contributed by atoms with Crippen molar-refractivity contribution in [1.82, 2.24) is 10.1 Å². The molecule has 0 fully saturated rings. The molecule has 0 saturated carbocycles. The highest BCUT2D eigenvalue weighted by atomic mass is 35.5. The molecular weight excluding hydrogens is 270 g/mol. The largest absolute Gasteiger partial charge is 0.399 e. The lowest BCUT2D eigenvalue weighted by Crippen LogP contribution is -1.86. The fraction of sp³-hybridized carbons (Fsp3) is 0. The maximum absolute atomic E-state index is 5.94. The average molecular weight is 278 g/mol. The summed E-state index contributed by atoms with van der Waals surface area (Å²) in [6.45, 7) is 0. The Labute approximate surface area is 112 Å². The van der Waals surface area contributed by atoms with Crippen LogP contribution in [0.1, 0.15) is 0 Å². The van der Waals surface area contributed by atoms with E-state index in [0.29, 0.717) is 28.0 Å². The van der Waals surface area contributed by atoms with Crippen LogP contribution in [0.15, 0.2) is 39.5 Å². The molecule has 0 aliphatic carbocycles. The van der Waals surface area contributed by atoms with E-state index in [4.69, 9.17) is 21.9 Å². The molecule has 2 heterocycles. The van der Waals surface area contributed by atoms with Gasteiger partial charge >= 0.3 is 0 Å². The summed E-state index contributed by atoms with van der Waals surface area (Å²) < 4.78 is 5.21. The summed E-state index contributed by atoms with van der Waals surface area (Å²) in [6.07, 6.45) is 0. The molecule has 90 valence electrons. The minimum absolute atomic E-state index is 0.408. The van der Waals surface area contributed by atoms with Crippen molar-refractivity contribution in [3.8, 4) is 22.8 Å². The van der Waals surface area contributed by atoms with Crippen LogP contribution in [0.2, 0.25) is 5.02 Å². The first-order valence-corrected chi connectivity index (χ1v) is 6.47. The van der Waals surface area contributed by atoms with Gasteiger partial charge in [0.25, 0.3) is 5.89 Å². The minimum atomic E-state index is 0.408. The zero-order valence-corrected chi connectivity index (χ0v) is 10.7. The maximum atomic E-state index is 5.94. The Kier molecular flexibility index (Phi) is 2.77. The monoisotopic (exact) mass is 277 g/mol. The molecule has 3 aromatic rings. The van der Waals surface area contributed by atoms with Gasteiger partial charge in [-0.1, -0.05) is 16.8 Å². The molecule has 0 radical (unpaired) electrons. The van der Waals surface area contributed by atoms with E-state index in [1.54, 1.807) is 29.5 Å². The van der Waals surface area contributed by atoms with E-state index in [1.807, 2.05) is 16.8 Å². The van der Waals surface area contributed by atoms with E-state index in [9.17, 15) is 0 Å². The lowest BCUT2D eigenvalue weighted by Gasteiger charge is -1.98. The first-order valence-electron chi connectivity index (χ1n) is 5.15. The fourth-order valence-corrected chi connectivity index (χ4v) is 2.46. The number of hydrogen-bond acceptors (Lipinski definition) is 5. The molecule has 0 aliphatic rings.